The Bertz CT molecular complexity index is 722. The van der Waals surface area contributed by atoms with Crippen molar-refractivity contribution < 1.29 is 19.1 Å². The van der Waals surface area contributed by atoms with Gasteiger partial charge in [-0.2, -0.15) is 0 Å². The van der Waals surface area contributed by atoms with E-state index in [0.717, 1.165) is 36.5 Å². The van der Waals surface area contributed by atoms with Gasteiger partial charge in [0.25, 0.3) is 5.91 Å². The van der Waals surface area contributed by atoms with Crippen LogP contribution in [0.3, 0.4) is 0 Å². The first-order valence-corrected chi connectivity index (χ1v) is 8.27. The number of carbonyl (C=O) groups is 2. The summed E-state index contributed by atoms with van der Waals surface area (Å²) >= 11 is 0. The average molecular weight is 327 g/mol. The molecule has 1 aliphatic rings. The van der Waals surface area contributed by atoms with Gasteiger partial charge in [0.05, 0.1) is 0 Å². The Morgan fingerprint density at radius 1 is 1.00 bits per heavy atom. The Morgan fingerprint density at radius 2 is 1.75 bits per heavy atom. The lowest BCUT2D eigenvalue weighted by Gasteiger charge is -2.12. The lowest BCUT2D eigenvalue weighted by molar-refractivity contribution is -0.150. The number of hydrogen-bond donors (Lipinski definition) is 1. The van der Waals surface area contributed by atoms with Gasteiger partial charge < -0.3 is 14.8 Å². The van der Waals surface area contributed by atoms with Crippen molar-refractivity contribution in [3.8, 4) is 5.75 Å². The summed E-state index contributed by atoms with van der Waals surface area (Å²) in [5.74, 6) is -0.202. The lowest BCUT2D eigenvalue weighted by Crippen LogP contribution is -2.36. The molecular formula is C19H21NO4. The van der Waals surface area contributed by atoms with Gasteiger partial charge in [-0.15, -0.1) is 0 Å². The number of amides is 1. The van der Waals surface area contributed by atoms with Crippen LogP contribution in [-0.2, 0) is 14.3 Å². The van der Waals surface area contributed by atoms with E-state index in [1.54, 1.807) is 0 Å². The summed E-state index contributed by atoms with van der Waals surface area (Å²) in [5.41, 5.74) is 0. The molecule has 1 fully saturated rings. The third kappa shape index (κ3) is 4.47. The second kappa shape index (κ2) is 7.81. The molecule has 2 aromatic carbocycles. The van der Waals surface area contributed by atoms with E-state index < -0.39 is 5.97 Å². The van der Waals surface area contributed by atoms with Gasteiger partial charge in [-0.3, -0.25) is 4.79 Å². The van der Waals surface area contributed by atoms with Crippen molar-refractivity contribution in [1.82, 2.24) is 5.32 Å². The number of hydrogen-bond acceptors (Lipinski definition) is 4. The number of ether oxygens (including phenoxy) is 2. The lowest BCUT2D eigenvalue weighted by atomic mass is 10.1. The van der Waals surface area contributed by atoms with E-state index in [4.69, 9.17) is 9.47 Å². The molecule has 1 aliphatic carbocycles. The molecule has 24 heavy (non-hydrogen) atoms. The van der Waals surface area contributed by atoms with Crippen molar-refractivity contribution in [2.45, 2.75) is 31.7 Å². The van der Waals surface area contributed by atoms with Crippen molar-refractivity contribution in [3.63, 3.8) is 0 Å². The zero-order valence-electron chi connectivity index (χ0n) is 13.5. The quantitative estimate of drug-likeness (QED) is 0.829. The van der Waals surface area contributed by atoms with Crippen molar-refractivity contribution >= 4 is 22.6 Å². The van der Waals surface area contributed by atoms with Crippen LogP contribution in [-0.4, -0.2) is 31.1 Å². The molecule has 5 heteroatoms. The Labute approximate surface area is 140 Å². The normalized spacial score (nSPS) is 14.5. The summed E-state index contributed by atoms with van der Waals surface area (Å²) in [7, 11) is 0. The van der Waals surface area contributed by atoms with E-state index in [0.29, 0.717) is 5.75 Å². The van der Waals surface area contributed by atoms with Gasteiger partial charge in [0.1, 0.15) is 5.75 Å². The molecule has 1 amide bonds. The zero-order valence-corrected chi connectivity index (χ0v) is 13.5. The van der Waals surface area contributed by atoms with Gasteiger partial charge in [-0.1, -0.05) is 43.2 Å². The van der Waals surface area contributed by atoms with E-state index in [9.17, 15) is 9.59 Å². The summed E-state index contributed by atoms with van der Waals surface area (Å²) in [4.78, 5) is 23.4. The highest BCUT2D eigenvalue weighted by Gasteiger charge is 2.17. The molecule has 0 heterocycles. The highest BCUT2D eigenvalue weighted by Crippen LogP contribution is 2.20. The number of esters is 1. The molecule has 0 atom stereocenters. The van der Waals surface area contributed by atoms with Crippen LogP contribution in [0.5, 0.6) is 5.75 Å². The Balaban J connectivity index is 1.42. The van der Waals surface area contributed by atoms with Crippen molar-refractivity contribution in [1.29, 1.82) is 0 Å². The minimum atomic E-state index is -0.551. The maximum Gasteiger partial charge on any atom is 0.344 e. The minimum Gasteiger partial charge on any atom is -0.482 e. The fraction of sp³-hybridized carbons (Fsp3) is 0.368. The summed E-state index contributed by atoms with van der Waals surface area (Å²) in [6.07, 6.45) is 4.30. The van der Waals surface area contributed by atoms with Crippen LogP contribution in [0, 0.1) is 0 Å². The number of rotatable bonds is 6. The van der Waals surface area contributed by atoms with E-state index >= 15 is 0 Å². The molecule has 0 spiro atoms. The van der Waals surface area contributed by atoms with Crippen LogP contribution in [0.15, 0.2) is 42.5 Å². The molecule has 0 aromatic heterocycles. The van der Waals surface area contributed by atoms with E-state index in [1.807, 2.05) is 42.5 Å². The van der Waals surface area contributed by atoms with Crippen molar-refractivity contribution in [3.05, 3.63) is 42.5 Å². The topological polar surface area (TPSA) is 64.6 Å². The maximum absolute atomic E-state index is 11.7. The Morgan fingerprint density at radius 3 is 2.54 bits per heavy atom. The smallest absolute Gasteiger partial charge is 0.344 e. The number of carbonyl (C=O) groups excluding carboxylic acids is 2. The van der Waals surface area contributed by atoms with Crippen LogP contribution in [0.25, 0.3) is 10.8 Å². The Hall–Kier alpha value is -2.56. The SMILES string of the molecule is O=C(COC(=O)COc1ccc2ccccc2c1)NC1CCCC1. The molecule has 1 saturated carbocycles. The molecule has 0 bridgehead atoms. The van der Waals surface area contributed by atoms with E-state index in [1.165, 1.54) is 0 Å². The molecule has 3 rings (SSSR count). The highest BCUT2D eigenvalue weighted by molar-refractivity contribution is 5.84. The van der Waals surface area contributed by atoms with Crippen LogP contribution < -0.4 is 10.1 Å². The first-order valence-electron chi connectivity index (χ1n) is 8.27. The molecule has 0 unspecified atom stereocenters. The number of benzene rings is 2. The molecule has 0 saturated heterocycles. The predicted molar refractivity (Wildman–Crippen MR) is 90.8 cm³/mol. The fourth-order valence-electron chi connectivity index (χ4n) is 2.93. The zero-order chi connectivity index (χ0) is 16.8. The van der Waals surface area contributed by atoms with E-state index in [2.05, 4.69) is 5.32 Å². The third-order valence-electron chi connectivity index (χ3n) is 4.16. The summed E-state index contributed by atoms with van der Waals surface area (Å²) < 4.78 is 10.4. The molecule has 0 aliphatic heterocycles. The Kier molecular flexibility index (Phi) is 5.31. The van der Waals surface area contributed by atoms with Crippen LogP contribution in [0.1, 0.15) is 25.7 Å². The molecule has 1 N–H and O–H groups in total. The van der Waals surface area contributed by atoms with Crippen LogP contribution in [0.2, 0.25) is 0 Å². The van der Waals surface area contributed by atoms with Gasteiger partial charge >= 0.3 is 5.97 Å². The summed E-state index contributed by atoms with van der Waals surface area (Å²) in [6, 6.07) is 13.7. The predicted octanol–water partition coefficient (Wildman–Crippen LogP) is 2.82. The monoisotopic (exact) mass is 327 g/mol. The first-order chi connectivity index (χ1) is 11.7. The highest BCUT2D eigenvalue weighted by atomic mass is 16.6. The van der Waals surface area contributed by atoms with Crippen LogP contribution >= 0.6 is 0 Å². The van der Waals surface area contributed by atoms with Gasteiger partial charge in [0.15, 0.2) is 13.2 Å². The van der Waals surface area contributed by atoms with Crippen LogP contribution in [0.4, 0.5) is 0 Å². The molecule has 5 nitrogen and oxygen atoms in total. The second-order valence-electron chi connectivity index (χ2n) is 6.01. The second-order valence-corrected chi connectivity index (χ2v) is 6.01. The third-order valence-corrected chi connectivity index (χ3v) is 4.16. The maximum atomic E-state index is 11.7. The minimum absolute atomic E-state index is 0.213. The molecule has 0 radical (unpaired) electrons. The first kappa shape index (κ1) is 16.3. The summed E-state index contributed by atoms with van der Waals surface area (Å²) in [6.45, 7) is -0.467. The van der Waals surface area contributed by atoms with Gasteiger partial charge in [-0.25, -0.2) is 4.79 Å². The molecule has 126 valence electrons. The van der Waals surface area contributed by atoms with Gasteiger partial charge in [-0.05, 0) is 35.7 Å². The largest absolute Gasteiger partial charge is 0.482 e. The molecule has 2 aromatic rings. The number of nitrogens with one attached hydrogen (secondary N) is 1. The molecular weight excluding hydrogens is 306 g/mol. The fourth-order valence-corrected chi connectivity index (χ4v) is 2.93. The standard InChI is InChI=1S/C19H21NO4/c21-18(20-16-7-3-4-8-16)12-24-19(22)13-23-17-10-9-14-5-1-2-6-15(14)11-17/h1-2,5-6,9-11,16H,3-4,7-8,12-13H2,(H,20,21). The van der Waals surface area contributed by atoms with Gasteiger partial charge in [0.2, 0.25) is 0 Å². The summed E-state index contributed by atoms with van der Waals surface area (Å²) in [5, 5.41) is 5.02. The van der Waals surface area contributed by atoms with E-state index in [-0.39, 0.29) is 25.2 Å². The number of fused-ring (bicyclic) bond motifs is 1. The average Bonchev–Trinajstić information content (AvgIpc) is 3.11. The van der Waals surface area contributed by atoms with Crippen molar-refractivity contribution in [2.24, 2.45) is 0 Å². The van der Waals surface area contributed by atoms with Crippen molar-refractivity contribution in [2.75, 3.05) is 13.2 Å². The van der Waals surface area contributed by atoms with Gasteiger partial charge in [0, 0.05) is 6.04 Å².